The van der Waals surface area contributed by atoms with Crippen molar-refractivity contribution in [2.24, 2.45) is 0 Å². The summed E-state index contributed by atoms with van der Waals surface area (Å²) in [5, 5.41) is 7.47. The van der Waals surface area contributed by atoms with Gasteiger partial charge in [-0.25, -0.2) is 9.37 Å². The highest BCUT2D eigenvalue weighted by Gasteiger charge is 2.24. The molecule has 5 heteroatoms. The predicted octanol–water partition coefficient (Wildman–Crippen LogP) is 4.22. The molecule has 3 aromatic rings. The van der Waals surface area contributed by atoms with E-state index in [0.29, 0.717) is 12.3 Å². The Morgan fingerprint density at radius 2 is 1.93 bits per heavy atom. The fourth-order valence-electron chi connectivity index (χ4n) is 3.79. The number of H-pyrrole nitrogens is 1. The van der Waals surface area contributed by atoms with Crippen molar-refractivity contribution < 1.29 is 4.39 Å². The van der Waals surface area contributed by atoms with Crippen LogP contribution in [0.15, 0.2) is 48.5 Å². The number of nitrogens with one attached hydrogen (secondary N) is 1. The van der Waals surface area contributed by atoms with Crippen LogP contribution in [0.4, 0.5) is 4.39 Å². The molecule has 0 saturated carbocycles. The SMILES string of the molecule is Cc1ccccc1CN1CCC(c2n[nH]c(Cc3cccc(F)c3)n2)CC1. The van der Waals surface area contributed by atoms with E-state index in [0.717, 1.165) is 49.7 Å². The number of halogens is 1. The number of hydrogen-bond donors (Lipinski definition) is 1. The smallest absolute Gasteiger partial charge is 0.153 e. The molecule has 1 aliphatic rings. The molecule has 27 heavy (non-hydrogen) atoms. The third kappa shape index (κ3) is 4.42. The lowest BCUT2D eigenvalue weighted by molar-refractivity contribution is 0.201. The van der Waals surface area contributed by atoms with Crippen molar-refractivity contribution in [3.05, 3.63) is 82.7 Å². The molecule has 2 heterocycles. The molecule has 4 nitrogen and oxygen atoms in total. The minimum absolute atomic E-state index is 0.215. The maximum absolute atomic E-state index is 13.3. The number of likely N-dealkylation sites (tertiary alicyclic amines) is 1. The predicted molar refractivity (Wildman–Crippen MR) is 104 cm³/mol. The summed E-state index contributed by atoms with van der Waals surface area (Å²) in [7, 11) is 0. The molecule has 0 radical (unpaired) electrons. The highest BCUT2D eigenvalue weighted by Crippen LogP contribution is 2.27. The molecule has 1 fully saturated rings. The van der Waals surface area contributed by atoms with Crippen LogP contribution in [-0.4, -0.2) is 33.2 Å². The molecule has 4 rings (SSSR count). The number of nitrogens with zero attached hydrogens (tertiary/aromatic N) is 3. The zero-order valence-corrected chi connectivity index (χ0v) is 15.7. The van der Waals surface area contributed by atoms with Gasteiger partial charge < -0.3 is 0 Å². The quantitative estimate of drug-likeness (QED) is 0.737. The molecule has 0 amide bonds. The molecule has 1 saturated heterocycles. The lowest BCUT2D eigenvalue weighted by Crippen LogP contribution is -2.33. The lowest BCUT2D eigenvalue weighted by Gasteiger charge is -2.31. The van der Waals surface area contributed by atoms with Gasteiger partial charge in [0.15, 0.2) is 5.82 Å². The molecule has 1 aliphatic heterocycles. The first-order valence-corrected chi connectivity index (χ1v) is 9.60. The number of aromatic nitrogens is 3. The number of aryl methyl sites for hydroxylation is 1. The summed E-state index contributed by atoms with van der Waals surface area (Å²) >= 11 is 0. The van der Waals surface area contributed by atoms with Crippen molar-refractivity contribution in [1.29, 1.82) is 0 Å². The first-order chi connectivity index (χ1) is 13.2. The number of aromatic amines is 1. The van der Waals surface area contributed by atoms with E-state index in [4.69, 9.17) is 0 Å². The summed E-state index contributed by atoms with van der Waals surface area (Å²) in [6.45, 7) is 5.31. The second kappa shape index (κ2) is 8.01. The van der Waals surface area contributed by atoms with Gasteiger partial charge in [-0.1, -0.05) is 36.4 Å². The van der Waals surface area contributed by atoms with E-state index in [1.165, 1.54) is 17.2 Å². The molecule has 1 aromatic heterocycles. The number of piperidine rings is 1. The van der Waals surface area contributed by atoms with E-state index in [1.807, 2.05) is 6.07 Å². The van der Waals surface area contributed by atoms with Crippen LogP contribution in [0.1, 0.15) is 47.1 Å². The van der Waals surface area contributed by atoms with Crippen molar-refractivity contribution >= 4 is 0 Å². The molecule has 0 aliphatic carbocycles. The first kappa shape index (κ1) is 17.9. The fourth-order valence-corrected chi connectivity index (χ4v) is 3.79. The Morgan fingerprint density at radius 1 is 1.11 bits per heavy atom. The summed E-state index contributed by atoms with van der Waals surface area (Å²) < 4.78 is 13.3. The first-order valence-electron chi connectivity index (χ1n) is 9.60. The second-order valence-electron chi connectivity index (χ2n) is 7.42. The Bertz CT molecular complexity index is 897. The Morgan fingerprint density at radius 3 is 2.70 bits per heavy atom. The second-order valence-corrected chi connectivity index (χ2v) is 7.42. The zero-order valence-electron chi connectivity index (χ0n) is 15.7. The van der Waals surface area contributed by atoms with Crippen LogP contribution < -0.4 is 0 Å². The normalized spacial score (nSPS) is 15.9. The van der Waals surface area contributed by atoms with Crippen LogP contribution >= 0.6 is 0 Å². The van der Waals surface area contributed by atoms with Crippen molar-refractivity contribution in [3.63, 3.8) is 0 Å². The van der Waals surface area contributed by atoms with Crippen molar-refractivity contribution in [2.75, 3.05) is 13.1 Å². The van der Waals surface area contributed by atoms with Gasteiger partial charge in [-0.2, -0.15) is 5.10 Å². The van der Waals surface area contributed by atoms with Gasteiger partial charge in [-0.3, -0.25) is 10.00 Å². The maximum Gasteiger partial charge on any atom is 0.153 e. The molecule has 0 spiro atoms. The molecule has 2 aromatic carbocycles. The molecule has 0 unspecified atom stereocenters. The number of benzene rings is 2. The largest absolute Gasteiger partial charge is 0.299 e. The third-order valence-corrected chi connectivity index (χ3v) is 5.42. The summed E-state index contributed by atoms with van der Waals surface area (Å²) in [5.41, 5.74) is 3.67. The van der Waals surface area contributed by atoms with E-state index in [2.05, 4.69) is 51.3 Å². The molecular formula is C22H25FN4. The van der Waals surface area contributed by atoms with Crippen molar-refractivity contribution in [3.8, 4) is 0 Å². The Kier molecular flexibility index (Phi) is 5.30. The highest BCUT2D eigenvalue weighted by atomic mass is 19.1. The summed E-state index contributed by atoms with van der Waals surface area (Å²) in [6.07, 6.45) is 2.73. The van der Waals surface area contributed by atoms with Crippen LogP contribution in [0.25, 0.3) is 0 Å². The number of rotatable bonds is 5. The molecule has 0 atom stereocenters. The maximum atomic E-state index is 13.3. The van der Waals surface area contributed by atoms with Crippen LogP contribution in [0.2, 0.25) is 0 Å². The average Bonchev–Trinajstić information content (AvgIpc) is 3.13. The topological polar surface area (TPSA) is 44.8 Å². The Balaban J connectivity index is 1.33. The van der Waals surface area contributed by atoms with Crippen LogP contribution in [0, 0.1) is 12.7 Å². The van der Waals surface area contributed by atoms with Gasteiger partial charge in [0.05, 0.1) is 0 Å². The lowest BCUT2D eigenvalue weighted by atomic mass is 9.95. The van der Waals surface area contributed by atoms with E-state index in [-0.39, 0.29) is 5.82 Å². The van der Waals surface area contributed by atoms with Gasteiger partial charge in [0.25, 0.3) is 0 Å². The average molecular weight is 364 g/mol. The Hall–Kier alpha value is -2.53. The molecule has 0 bridgehead atoms. The molecule has 1 N–H and O–H groups in total. The summed E-state index contributed by atoms with van der Waals surface area (Å²) in [4.78, 5) is 7.19. The minimum Gasteiger partial charge on any atom is -0.299 e. The van der Waals surface area contributed by atoms with Crippen LogP contribution in [-0.2, 0) is 13.0 Å². The van der Waals surface area contributed by atoms with E-state index >= 15 is 0 Å². The number of hydrogen-bond acceptors (Lipinski definition) is 3. The third-order valence-electron chi connectivity index (χ3n) is 5.42. The van der Waals surface area contributed by atoms with Crippen molar-refractivity contribution in [1.82, 2.24) is 20.1 Å². The fraction of sp³-hybridized carbons (Fsp3) is 0.364. The van der Waals surface area contributed by atoms with Gasteiger partial charge in [0, 0.05) is 18.9 Å². The Labute approximate surface area is 159 Å². The highest BCUT2D eigenvalue weighted by molar-refractivity contribution is 5.25. The van der Waals surface area contributed by atoms with E-state index in [9.17, 15) is 4.39 Å². The summed E-state index contributed by atoms with van der Waals surface area (Å²) in [6, 6.07) is 15.2. The summed E-state index contributed by atoms with van der Waals surface area (Å²) in [5.74, 6) is 1.89. The monoisotopic (exact) mass is 364 g/mol. The van der Waals surface area contributed by atoms with Gasteiger partial charge in [-0.05, 0) is 61.7 Å². The molecule has 140 valence electrons. The zero-order chi connectivity index (χ0) is 18.6. The molecular weight excluding hydrogens is 339 g/mol. The van der Waals surface area contributed by atoms with Crippen molar-refractivity contribution in [2.45, 2.75) is 38.6 Å². The van der Waals surface area contributed by atoms with E-state index in [1.54, 1.807) is 12.1 Å². The van der Waals surface area contributed by atoms with Gasteiger partial charge >= 0.3 is 0 Å². The van der Waals surface area contributed by atoms with Crippen LogP contribution in [0.5, 0.6) is 0 Å². The van der Waals surface area contributed by atoms with Gasteiger partial charge in [0.2, 0.25) is 0 Å². The standard InChI is InChI=1S/C22H25FN4/c1-16-5-2-3-7-19(16)15-27-11-9-18(10-12-27)22-24-21(25-26-22)14-17-6-4-8-20(23)13-17/h2-8,13,18H,9-12,14-15H2,1H3,(H,24,25,26). The van der Waals surface area contributed by atoms with E-state index < -0.39 is 0 Å². The minimum atomic E-state index is -0.215. The van der Waals surface area contributed by atoms with Gasteiger partial charge in [-0.15, -0.1) is 0 Å². The van der Waals surface area contributed by atoms with Crippen LogP contribution in [0.3, 0.4) is 0 Å². The van der Waals surface area contributed by atoms with Gasteiger partial charge in [0.1, 0.15) is 11.6 Å².